The van der Waals surface area contributed by atoms with Crippen molar-refractivity contribution < 1.29 is 28.1 Å². The van der Waals surface area contributed by atoms with Crippen molar-refractivity contribution in [1.82, 2.24) is 0 Å². The van der Waals surface area contributed by atoms with Gasteiger partial charge in [0.1, 0.15) is 11.5 Å². The van der Waals surface area contributed by atoms with Crippen LogP contribution in [-0.2, 0) is 40.9 Å². The Labute approximate surface area is 268 Å². The maximum Gasteiger partial charge on any atom is 0.494 e. The summed E-state index contributed by atoms with van der Waals surface area (Å²) in [7, 11) is -0.805. The van der Waals surface area contributed by atoms with Gasteiger partial charge in [-0.25, -0.2) is 0 Å². The van der Waals surface area contributed by atoms with E-state index in [2.05, 4.69) is 104 Å². The monoisotopic (exact) mass is 604 g/mol. The highest BCUT2D eigenvalue weighted by atomic mass is 16.7. The third kappa shape index (κ3) is 5.56. The summed E-state index contributed by atoms with van der Waals surface area (Å²) in [6, 6.07) is 22.9. The van der Waals surface area contributed by atoms with Gasteiger partial charge in [-0.05, 0) is 101 Å². The van der Waals surface area contributed by atoms with E-state index in [0.29, 0.717) is 12.8 Å². The number of ether oxygens (including phenoxy) is 2. The number of hydrogen-bond acceptors (Lipinski definition) is 6. The third-order valence-corrected chi connectivity index (χ3v) is 10.3. The molecule has 232 valence electrons. The molecule has 8 heteroatoms. The zero-order valence-corrected chi connectivity index (χ0v) is 27.6. The molecule has 0 saturated carbocycles. The van der Waals surface area contributed by atoms with E-state index in [0.717, 1.165) is 39.1 Å². The predicted molar refractivity (Wildman–Crippen MR) is 179 cm³/mol. The van der Waals surface area contributed by atoms with Crippen LogP contribution in [0.1, 0.15) is 89.5 Å². The number of fused-ring (bicyclic) bond motifs is 2. The first-order valence-electron chi connectivity index (χ1n) is 16.0. The van der Waals surface area contributed by atoms with Crippen LogP contribution in [-0.4, -0.2) is 36.6 Å². The molecule has 0 bridgehead atoms. The van der Waals surface area contributed by atoms with Crippen LogP contribution in [0, 0.1) is 0 Å². The average Bonchev–Trinajstić information content (AvgIpc) is 3.68. The van der Waals surface area contributed by atoms with E-state index in [1.54, 1.807) is 0 Å². The lowest BCUT2D eigenvalue weighted by Gasteiger charge is -2.32. The summed E-state index contributed by atoms with van der Waals surface area (Å²) in [4.78, 5) is 0. The first kappa shape index (κ1) is 30.4. The lowest BCUT2D eigenvalue weighted by Crippen LogP contribution is -2.41. The van der Waals surface area contributed by atoms with Crippen molar-refractivity contribution in [2.24, 2.45) is 0 Å². The van der Waals surface area contributed by atoms with Crippen molar-refractivity contribution in [3.63, 3.8) is 0 Å². The lowest BCUT2D eigenvalue weighted by atomic mass is 9.78. The molecule has 2 aliphatic carbocycles. The minimum absolute atomic E-state index is 0.386. The molecule has 3 aromatic carbocycles. The molecule has 0 radical (unpaired) electrons. The van der Waals surface area contributed by atoms with E-state index in [1.807, 2.05) is 30.3 Å². The fourth-order valence-corrected chi connectivity index (χ4v) is 6.09. The number of benzene rings is 3. The van der Waals surface area contributed by atoms with Gasteiger partial charge in [0.05, 0.1) is 22.4 Å². The second-order valence-electron chi connectivity index (χ2n) is 14.6. The fourth-order valence-electron chi connectivity index (χ4n) is 6.09. The molecule has 2 heterocycles. The summed E-state index contributed by atoms with van der Waals surface area (Å²) in [5, 5.41) is 0. The third-order valence-electron chi connectivity index (χ3n) is 10.3. The molecule has 2 fully saturated rings. The number of hydrogen-bond donors (Lipinski definition) is 0. The molecular weight excluding hydrogens is 562 g/mol. The standard InChI is InChI=1S/C37H42B2O6/c1-34(2)35(3,4)43-38(42-34)29-16-14-25-20-31(22-27(25)18-29)40-33(24-12-10-9-11-13-24)41-32-21-26-15-17-30(19-28(26)23-32)39-44-36(5,6)37(7,8)45-39/h9-19,22-23,33H,20-21H2,1-8H3. The normalized spacial score (nSPS) is 21.9. The van der Waals surface area contributed by atoms with E-state index in [9.17, 15) is 0 Å². The predicted octanol–water partition coefficient (Wildman–Crippen LogP) is 6.51. The van der Waals surface area contributed by atoms with Gasteiger partial charge < -0.3 is 28.1 Å². The SMILES string of the molecule is CC1(C)OB(c2ccc3c(c2)C=C(OC(OC2=Cc4cc(B5OC(C)(C)C(C)(C)O5)ccc4C2)c2ccccc2)C3)OC1(C)C. The van der Waals surface area contributed by atoms with Crippen LogP contribution in [0.2, 0.25) is 0 Å². The van der Waals surface area contributed by atoms with Gasteiger partial charge in [0.15, 0.2) is 0 Å². The molecule has 2 saturated heterocycles. The molecule has 0 spiro atoms. The highest BCUT2D eigenvalue weighted by Crippen LogP contribution is 2.39. The topological polar surface area (TPSA) is 55.4 Å². The zero-order chi connectivity index (χ0) is 31.8. The highest BCUT2D eigenvalue weighted by Gasteiger charge is 2.53. The maximum absolute atomic E-state index is 6.62. The molecule has 0 atom stereocenters. The van der Waals surface area contributed by atoms with Crippen LogP contribution in [0.4, 0.5) is 0 Å². The van der Waals surface area contributed by atoms with Crippen molar-refractivity contribution >= 4 is 37.3 Å². The Balaban J connectivity index is 1.09. The maximum atomic E-state index is 6.62. The first-order chi connectivity index (χ1) is 21.2. The van der Waals surface area contributed by atoms with E-state index < -0.39 is 20.5 Å². The van der Waals surface area contributed by atoms with Crippen LogP contribution in [0.15, 0.2) is 78.2 Å². The summed E-state index contributed by atoms with van der Waals surface area (Å²) in [5.41, 5.74) is 6.09. The minimum atomic E-state index is -0.586. The highest BCUT2D eigenvalue weighted by molar-refractivity contribution is 6.62. The second-order valence-corrected chi connectivity index (χ2v) is 14.6. The lowest BCUT2D eigenvalue weighted by molar-refractivity contribution is -0.0896. The smallest absolute Gasteiger partial charge is 0.455 e. The molecule has 0 amide bonds. The van der Waals surface area contributed by atoms with Crippen molar-refractivity contribution in [2.45, 2.75) is 96.9 Å². The van der Waals surface area contributed by atoms with Gasteiger partial charge in [-0.3, -0.25) is 0 Å². The Morgan fingerprint density at radius 1 is 0.556 bits per heavy atom. The van der Waals surface area contributed by atoms with Gasteiger partial charge in [0.2, 0.25) is 0 Å². The Bertz CT molecular complexity index is 1550. The summed E-state index contributed by atoms with van der Waals surface area (Å²) < 4.78 is 38.4. The van der Waals surface area contributed by atoms with E-state index in [-0.39, 0.29) is 22.4 Å². The first-order valence-corrected chi connectivity index (χ1v) is 16.0. The summed E-state index contributed by atoms with van der Waals surface area (Å²) >= 11 is 0. The number of allylic oxidation sites excluding steroid dienone is 2. The van der Waals surface area contributed by atoms with Crippen LogP contribution in [0.25, 0.3) is 12.2 Å². The van der Waals surface area contributed by atoms with Crippen LogP contribution in [0.3, 0.4) is 0 Å². The Kier molecular flexibility index (Phi) is 7.17. The van der Waals surface area contributed by atoms with Gasteiger partial charge in [0.25, 0.3) is 6.29 Å². The summed E-state index contributed by atoms with van der Waals surface area (Å²) in [6.45, 7) is 16.6. The van der Waals surface area contributed by atoms with E-state index >= 15 is 0 Å². The van der Waals surface area contributed by atoms with Gasteiger partial charge in [-0.2, -0.15) is 0 Å². The summed E-state index contributed by atoms with van der Waals surface area (Å²) in [5.74, 6) is 1.73. The van der Waals surface area contributed by atoms with Crippen LogP contribution >= 0.6 is 0 Å². The molecule has 0 aromatic heterocycles. The van der Waals surface area contributed by atoms with Crippen LogP contribution < -0.4 is 10.9 Å². The molecule has 45 heavy (non-hydrogen) atoms. The molecular formula is C37H42B2O6. The van der Waals surface area contributed by atoms with Crippen molar-refractivity contribution in [1.29, 1.82) is 0 Å². The van der Waals surface area contributed by atoms with Gasteiger partial charge in [-0.15, -0.1) is 0 Å². The van der Waals surface area contributed by atoms with Crippen molar-refractivity contribution in [2.75, 3.05) is 0 Å². The quantitative estimate of drug-likeness (QED) is 0.227. The van der Waals surface area contributed by atoms with E-state index in [1.165, 1.54) is 11.1 Å². The van der Waals surface area contributed by atoms with Crippen molar-refractivity contribution in [3.05, 3.63) is 106 Å². The van der Waals surface area contributed by atoms with Gasteiger partial charge in [0, 0.05) is 18.4 Å². The Morgan fingerprint density at radius 3 is 1.36 bits per heavy atom. The largest absolute Gasteiger partial charge is 0.494 e. The molecule has 6 nitrogen and oxygen atoms in total. The van der Waals surface area contributed by atoms with Crippen molar-refractivity contribution in [3.8, 4) is 0 Å². The molecule has 0 N–H and O–H groups in total. The molecule has 2 aliphatic heterocycles. The van der Waals surface area contributed by atoms with Gasteiger partial charge in [-0.1, -0.05) is 66.7 Å². The minimum Gasteiger partial charge on any atom is -0.455 e. The second kappa shape index (κ2) is 10.6. The molecule has 4 aliphatic rings. The fraction of sp³-hybridized carbons (Fsp3) is 0.405. The number of rotatable bonds is 7. The van der Waals surface area contributed by atoms with Gasteiger partial charge >= 0.3 is 14.2 Å². The molecule has 0 unspecified atom stereocenters. The average molecular weight is 604 g/mol. The summed E-state index contributed by atoms with van der Waals surface area (Å²) in [6.07, 6.45) is 5.03. The Hall–Kier alpha value is -3.29. The molecule has 7 rings (SSSR count). The van der Waals surface area contributed by atoms with Crippen LogP contribution in [0.5, 0.6) is 0 Å². The molecule has 3 aromatic rings. The Morgan fingerprint density at radius 2 is 0.956 bits per heavy atom. The zero-order valence-electron chi connectivity index (χ0n) is 27.6. The van der Waals surface area contributed by atoms with E-state index in [4.69, 9.17) is 28.1 Å².